The summed E-state index contributed by atoms with van der Waals surface area (Å²) in [4.78, 5) is 14.8. The Kier molecular flexibility index (Phi) is 8.24. The minimum absolute atomic E-state index is 0.0849. The molecule has 0 bridgehead atoms. The molecule has 0 unspecified atom stereocenters. The normalized spacial score (nSPS) is 14.7. The van der Waals surface area contributed by atoms with Crippen LogP contribution in [0.25, 0.3) is 6.08 Å². The van der Waals surface area contributed by atoms with E-state index in [1.807, 2.05) is 19.1 Å². The lowest BCUT2D eigenvalue weighted by Crippen LogP contribution is -2.27. The Balaban J connectivity index is 1.55. The summed E-state index contributed by atoms with van der Waals surface area (Å²) in [5, 5.41) is 0.842. The van der Waals surface area contributed by atoms with Crippen LogP contribution in [0.2, 0.25) is 15.1 Å². The van der Waals surface area contributed by atoms with Gasteiger partial charge in [-0.05, 0) is 66.6 Å². The molecule has 0 aliphatic carbocycles. The molecular weight excluding hydrogens is 552 g/mol. The van der Waals surface area contributed by atoms with Gasteiger partial charge in [-0.3, -0.25) is 9.69 Å². The lowest BCUT2D eigenvalue weighted by molar-refractivity contribution is -0.113. The topological polar surface area (TPSA) is 38.8 Å². The fraction of sp³-hybridized carbons (Fsp3) is 0.120. The van der Waals surface area contributed by atoms with Gasteiger partial charge in [-0.2, -0.15) is 0 Å². The molecule has 0 N–H and O–H groups in total. The Morgan fingerprint density at radius 2 is 1.77 bits per heavy atom. The Hall–Kier alpha value is -2.29. The van der Waals surface area contributed by atoms with Crippen molar-refractivity contribution in [2.45, 2.75) is 13.5 Å². The van der Waals surface area contributed by atoms with E-state index in [0.29, 0.717) is 43.1 Å². The minimum atomic E-state index is -0.568. The van der Waals surface area contributed by atoms with Gasteiger partial charge < -0.3 is 9.47 Å². The summed E-state index contributed by atoms with van der Waals surface area (Å²) in [7, 11) is 0. The number of hydrogen-bond acceptors (Lipinski definition) is 5. The van der Waals surface area contributed by atoms with Gasteiger partial charge in [0.25, 0.3) is 5.91 Å². The number of ether oxygens (including phenoxy) is 2. The molecule has 0 radical (unpaired) electrons. The maximum absolute atomic E-state index is 13.5. The number of amides is 1. The average molecular weight is 569 g/mol. The zero-order valence-corrected chi connectivity index (χ0v) is 22.1. The van der Waals surface area contributed by atoms with Crippen LogP contribution in [-0.2, 0) is 11.4 Å². The van der Waals surface area contributed by atoms with Gasteiger partial charge in [-0.25, -0.2) is 4.39 Å². The number of hydrogen-bond donors (Lipinski definition) is 0. The highest BCUT2D eigenvalue weighted by atomic mass is 35.5. The monoisotopic (exact) mass is 567 g/mol. The SMILES string of the molecule is CCOc1cc(/C=C2/SC(=S)N(c3ccc(F)c(Cl)c3)C2=O)ccc1OCc1ccc(Cl)c(Cl)c1. The van der Waals surface area contributed by atoms with E-state index in [2.05, 4.69) is 0 Å². The van der Waals surface area contributed by atoms with Crippen molar-refractivity contribution < 1.29 is 18.7 Å². The summed E-state index contributed by atoms with van der Waals surface area (Å²) in [5.74, 6) is 0.188. The standard InChI is InChI=1S/C25H17Cl3FNO3S2/c1-2-32-22-10-14(4-8-21(22)33-13-15-3-6-17(26)18(27)9-15)11-23-24(31)30(25(34)35-23)16-5-7-20(29)19(28)12-16/h3-12H,2,13H2,1H3/b23-11+. The Labute approximate surface area is 226 Å². The summed E-state index contributed by atoms with van der Waals surface area (Å²) >= 11 is 24.5. The number of anilines is 1. The average Bonchev–Trinajstić information content (AvgIpc) is 3.10. The van der Waals surface area contributed by atoms with Crippen LogP contribution in [0, 0.1) is 5.82 Å². The van der Waals surface area contributed by atoms with Crippen molar-refractivity contribution in [1.29, 1.82) is 0 Å². The first-order valence-corrected chi connectivity index (χ1v) is 12.7. The number of benzene rings is 3. The number of carbonyl (C=O) groups is 1. The van der Waals surface area contributed by atoms with E-state index in [1.54, 1.807) is 30.3 Å². The molecule has 0 saturated carbocycles. The van der Waals surface area contributed by atoms with E-state index in [1.165, 1.54) is 23.1 Å². The molecule has 3 aromatic carbocycles. The summed E-state index contributed by atoms with van der Waals surface area (Å²) < 4.78 is 25.6. The molecule has 0 spiro atoms. The third-order valence-electron chi connectivity index (χ3n) is 4.90. The molecule has 4 rings (SSSR count). The van der Waals surface area contributed by atoms with Crippen molar-refractivity contribution >= 4 is 80.8 Å². The molecular formula is C25H17Cl3FNO3S2. The molecule has 0 aromatic heterocycles. The van der Waals surface area contributed by atoms with Crippen molar-refractivity contribution in [2.24, 2.45) is 0 Å². The third-order valence-corrected chi connectivity index (χ3v) is 7.23. The summed E-state index contributed by atoms with van der Waals surface area (Å²) in [6.07, 6.45) is 1.72. The molecule has 1 saturated heterocycles. The Bertz CT molecular complexity index is 1350. The fourth-order valence-electron chi connectivity index (χ4n) is 3.26. The lowest BCUT2D eigenvalue weighted by Gasteiger charge is -2.15. The smallest absolute Gasteiger partial charge is 0.270 e. The van der Waals surface area contributed by atoms with Gasteiger partial charge in [0.15, 0.2) is 15.8 Å². The second-order valence-electron chi connectivity index (χ2n) is 7.29. The summed E-state index contributed by atoms with van der Waals surface area (Å²) in [5.41, 5.74) is 1.99. The van der Waals surface area contributed by atoms with Crippen LogP contribution in [0.1, 0.15) is 18.1 Å². The minimum Gasteiger partial charge on any atom is -0.490 e. The van der Waals surface area contributed by atoms with Crippen LogP contribution in [0.3, 0.4) is 0 Å². The van der Waals surface area contributed by atoms with Crippen molar-refractivity contribution in [3.05, 3.63) is 91.5 Å². The van der Waals surface area contributed by atoms with E-state index >= 15 is 0 Å². The highest BCUT2D eigenvalue weighted by molar-refractivity contribution is 8.27. The molecule has 180 valence electrons. The highest BCUT2D eigenvalue weighted by Crippen LogP contribution is 2.38. The fourth-order valence-corrected chi connectivity index (χ4v) is 5.05. The number of halogens is 4. The quantitative estimate of drug-likeness (QED) is 0.212. The van der Waals surface area contributed by atoms with Gasteiger partial charge in [0.1, 0.15) is 12.4 Å². The van der Waals surface area contributed by atoms with Gasteiger partial charge in [-0.15, -0.1) is 0 Å². The molecule has 1 heterocycles. The van der Waals surface area contributed by atoms with Crippen LogP contribution in [-0.4, -0.2) is 16.8 Å². The van der Waals surface area contributed by atoms with Crippen LogP contribution in [0.5, 0.6) is 11.5 Å². The van der Waals surface area contributed by atoms with E-state index in [0.717, 1.165) is 22.9 Å². The molecule has 1 amide bonds. The summed E-state index contributed by atoms with van der Waals surface area (Å²) in [6.45, 7) is 2.57. The molecule has 10 heteroatoms. The predicted octanol–water partition coefficient (Wildman–Crippen LogP) is 8.17. The first-order chi connectivity index (χ1) is 16.8. The third kappa shape index (κ3) is 5.93. The van der Waals surface area contributed by atoms with Gasteiger partial charge in [0.05, 0.1) is 32.3 Å². The van der Waals surface area contributed by atoms with Crippen LogP contribution in [0.4, 0.5) is 10.1 Å². The lowest BCUT2D eigenvalue weighted by atomic mass is 10.1. The number of thiocarbonyl (C=S) groups is 1. The molecule has 1 fully saturated rings. The zero-order chi connectivity index (χ0) is 25.1. The maximum atomic E-state index is 13.5. The molecule has 4 nitrogen and oxygen atoms in total. The first-order valence-electron chi connectivity index (χ1n) is 10.3. The molecule has 3 aromatic rings. The number of thioether (sulfide) groups is 1. The second-order valence-corrected chi connectivity index (χ2v) is 10.2. The van der Waals surface area contributed by atoms with E-state index in [4.69, 9.17) is 56.5 Å². The van der Waals surface area contributed by atoms with Crippen LogP contribution in [0.15, 0.2) is 59.5 Å². The van der Waals surface area contributed by atoms with Crippen LogP contribution < -0.4 is 14.4 Å². The van der Waals surface area contributed by atoms with Gasteiger partial charge in [-0.1, -0.05) is 70.9 Å². The van der Waals surface area contributed by atoms with Crippen molar-refractivity contribution in [2.75, 3.05) is 11.5 Å². The molecule has 35 heavy (non-hydrogen) atoms. The van der Waals surface area contributed by atoms with E-state index in [-0.39, 0.29) is 17.5 Å². The maximum Gasteiger partial charge on any atom is 0.270 e. The highest BCUT2D eigenvalue weighted by Gasteiger charge is 2.33. The van der Waals surface area contributed by atoms with Crippen molar-refractivity contribution in [3.8, 4) is 11.5 Å². The van der Waals surface area contributed by atoms with Crippen molar-refractivity contribution in [3.63, 3.8) is 0 Å². The van der Waals surface area contributed by atoms with Crippen LogP contribution >= 0.6 is 58.8 Å². The molecule has 1 aliphatic heterocycles. The summed E-state index contributed by atoms with van der Waals surface area (Å²) in [6, 6.07) is 14.7. The van der Waals surface area contributed by atoms with E-state index < -0.39 is 5.82 Å². The number of carbonyl (C=O) groups excluding carboxylic acids is 1. The van der Waals surface area contributed by atoms with Gasteiger partial charge in [0.2, 0.25) is 0 Å². The number of rotatable bonds is 7. The Morgan fingerprint density at radius 3 is 2.49 bits per heavy atom. The molecule has 1 aliphatic rings. The molecule has 0 atom stereocenters. The Morgan fingerprint density at radius 1 is 0.971 bits per heavy atom. The van der Waals surface area contributed by atoms with Gasteiger partial charge in [0, 0.05) is 0 Å². The van der Waals surface area contributed by atoms with Crippen molar-refractivity contribution in [1.82, 2.24) is 0 Å². The zero-order valence-electron chi connectivity index (χ0n) is 18.2. The van der Waals surface area contributed by atoms with Gasteiger partial charge >= 0.3 is 0 Å². The first kappa shape index (κ1) is 25.8. The largest absolute Gasteiger partial charge is 0.490 e. The van der Waals surface area contributed by atoms with E-state index in [9.17, 15) is 9.18 Å². The second kappa shape index (κ2) is 11.2. The number of nitrogens with zero attached hydrogens (tertiary/aromatic N) is 1. The predicted molar refractivity (Wildman–Crippen MR) is 145 cm³/mol.